The summed E-state index contributed by atoms with van der Waals surface area (Å²) in [4.78, 5) is 14.9. The first-order valence-corrected chi connectivity index (χ1v) is 4.93. The van der Waals surface area contributed by atoms with Crippen LogP contribution >= 0.6 is 0 Å². The van der Waals surface area contributed by atoms with Crippen LogP contribution in [0.25, 0.3) is 0 Å². The first kappa shape index (κ1) is 9.76. The van der Waals surface area contributed by atoms with Gasteiger partial charge in [-0.1, -0.05) is 0 Å². The Hall–Kier alpha value is -1.78. The molecule has 1 aliphatic carbocycles. The number of nitrogen functional groups attached to an aromatic ring is 1. The first-order valence-electron chi connectivity index (χ1n) is 4.93. The van der Waals surface area contributed by atoms with E-state index in [4.69, 9.17) is 10.8 Å². The summed E-state index contributed by atoms with van der Waals surface area (Å²) in [6.45, 7) is 0. The Morgan fingerprint density at radius 1 is 1.60 bits per heavy atom. The van der Waals surface area contributed by atoms with Crippen LogP contribution in [0.15, 0.2) is 12.3 Å². The largest absolute Gasteiger partial charge is 0.478 e. The SMILES string of the molecule is Nc1c(C(=O)O)ccnc1NC1CCC1. The van der Waals surface area contributed by atoms with Crippen LogP contribution in [0.1, 0.15) is 29.6 Å². The lowest BCUT2D eigenvalue weighted by Crippen LogP contribution is -2.28. The fourth-order valence-corrected chi connectivity index (χ4v) is 1.52. The van der Waals surface area contributed by atoms with Crippen LogP contribution in [0, 0.1) is 0 Å². The summed E-state index contributed by atoms with van der Waals surface area (Å²) in [6, 6.07) is 1.80. The number of hydrogen-bond acceptors (Lipinski definition) is 4. The molecule has 5 heteroatoms. The van der Waals surface area contributed by atoms with Gasteiger partial charge in [-0.3, -0.25) is 0 Å². The highest BCUT2D eigenvalue weighted by Gasteiger charge is 2.20. The molecule has 2 rings (SSSR count). The van der Waals surface area contributed by atoms with Gasteiger partial charge in [0.1, 0.15) is 5.82 Å². The van der Waals surface area contributed by atoms with Crippen molar-refractivity contribution in [2.75, 3.05) is 11.1 Å². The van der Waals surface area contributed by atoms with Gasteiger partial charge in [-0.2, -0.15) is 0 Å². The summed E-state index contributed by atoms with van der Waals surface area (Å²) in [5.41, 5.74) is 6.03. The molecule has 0 bridgehead atoms. The number of aromatic carboxylic acids is 1. The van der Waals surface area contributed by atoms with Gasteiger partial charge in [0.2, 0.25) is 0 Å². The maximum Gasteiger partial charge on any atom is 0.337 e. The van der Waals surface area contributed by atoms with E-state index in [0.717, 1.165) is 12.8 Å². The molecule has 0 unspecified atom stereocenters. The van der Waals surface area contributed by atoms with E-state index in [2.05, 4.69) is 10.3 Å². The number of nitrogens with two attached hydrogens (primary N) is 1. The lowest BCUT2D eigenvalue weighted by atomic mass is 9.93. The third kappa shape index (κ3) is 1.86. The zero-order valence-corrected chi connectivity index (χ0v) is 8.23. The number of carbonyl (C=O) groups is 1. The number of aromatic nitrogens is 1. The van der Waals surface area contributed by atoms with Gasteiger partial charge in [0.25, 0.3) is 0 Å². The zero-order chi connectivity index (χ0) is 10.8. The first-order chi connectivity index (χ1) is 7.18. The van der Waals surface area contributed by atoms with Crippen molar-refractivity contribution in [2.24, 2.45) is 0 Å². The molecule has 0 aromatic carbocycles. The van der Waals surface area contributed by atoms with E-state index in [1.807, 2.05) is 0 Å². The second kappa shape index (κ2) is 3.76. The van der Waals surface area contributed by atoms with Gasteiger partial charge in [-0.15, -0.1) is 0 Å². The van der Waals surface area contributed by atoms with Crippen molar-refractivity contribution < 1.29 is 9.90 Å². The lowest BCUT2D eigenvalue weighted by molar-refractivity contribution is 0.0698. The number of rotatable bonds is 3. The molecule has 0 saturated heterocycles. The second-order valence-electron chi connectivity index (χ2n) is 3.70. The smallest absolute Gasteiger partial charge is 0.337 e. The Morgan fingerprint density at radius 2 is 2.33 bits per heavy atom. The predicted octanol–water partition coefficient (Wildman–Crippen LogP) is 1.33. The molecule has 4 N–H and O–H groups in total. The van der Waals surface area contributed by atoms with E-state index in [9.17, 15) is 4.79 Å². The number of nitrogens with zero attached hydrogens (tertiary/aromatic N) is 1. The van der Waals surface area contributed by atoms with Crippen LogP contribution in [-0.4, -0.2) is 22.1 Å². The van der Waals surface area contributed by atoms with Gasteiger partial charge in [-0.05, 0) is 25.3 Å². The van der Waals surface area contributed by atoms with E-state index >= 15 is 0 Å². The third-order valence-electron chi connectivity index (χ3n) is 2.67. The molecule has 0 radical (unpaired) electrons. The molecule has 5 nitrogen and oxygen atoms in total. The Bertz CT molecular complexity index is 388. The number of nitrogens with one attached hydrogen (secondary N) is 1. The summed E-state index contributed by atoms with van der Waals surface area (Å²) >= 11 is 0. The van der Waals surface area contributed by atoms with Crippen molar-refractivity contribution in [2.45, 2.75) is 25.3 Å². The van der Waals surface area contributed by atoms with Gasteiger partial charge in [0.05, 0.1) is 11.3 Å². The van der Waals surface area contributed by atoms with Gasteiger partial charge < -0.3 is 16.2 Å². The predicted molar refractivity (Wildman–Crippen MR) is 56.9 cm³/mol. The van der Waals surface area contributed by atoms with Crippen molar-refractivity contribution in [1.29, 1.82) is 0 Å². The highest BCUT2D eigenvalue weighted by molar-refractivity contribution is 5.96. The maximum absolute atomic E-state index is 10.8. The van der Waals surface area contributed by atoms with Crippen LogP contribution in [0.2, 0.25) is 0 Å². The lowest BCUT2D eigenvalue weighted by Gasteiger charge is -2.27. The van der Waals surface area contributed by atoms with Crippen molar-refractivity contribution >= 4 is 17.5 Å². The third-order valence-corrected chi connectivity index (χ3v) is 2.67. The van der Waals surface area contributed by atoms with E-state index in [1.165, 1.54) is 18.7 Å². The maximum atomic E-state index is 10.8. The van der Waals surface area contributed by atoms with Crippen LogP contribution in [0.5, 0.6) is 0 Å². The zero-order valence-electron chi connectivity index (χ0n) is 8.23. The van der Waals surface area contributed by atoms with Gasteiger partial charge in [0, 0.05) is 12.2 Å². The molecule has 0 spiro atoms. The van der Waals surface area contributed by atoms with Crippen molar-refractivity contribution in [3.8, 4) is 0 Å². The minimum Gasteiger partial charge on any atom is -0.478 e. The molecule has 0 atom stereocenters. The molecule has 80 valence electrons. The summed E-state index contributed by atoms with van der Waals surface area (Å²) in [5.74, 6) is -0.536. The highest BCUT2D eigenvalue weighted by atomic mass is 16.4. The summed E-state index contributed by atoms with van der Waals surface area (Å²) in [5, 5.41) is 12.0. The quantitative estimate of drug-likeness (QED) is 0.695. The van der Waals surface area contributed by atoms with Crippen LogP contribution in [0.4, 0.5) is 11.5 Å². The molecule has 1 aromatic rings. The minimum atomic E-state index is -1.02. The number of carboxylic acid groups (broad SMARTS) is 1. The van der Waals surface area contributed by atoms with Crippen LogP contribution < -0.4 is 11.1 Å². The van der Waals surface area contributed by atoms with Crippen LogP contribution in [0.3, 0.4) is 0 Å². The minimum absolute atomic E-state index is 0.104. The normalized spacial score (nSPS) is 15.7. The number of hydrogen-bond donors (Lipinski definition) is 3. The molecule has 1 aliphatic rings. The topological polar surface area (TPSA) is 88.2 Å². The molecule has 0 amide bonds. The molecule has 1 saturated carbocycles. The van der Waals surface area contributed by atoms with Crippen molar-refractivity contribution in [3.05, 3.63) is 17.8 Å². The number of carboxylic acids is 1. The molecular formula is C10H13N3O2. The molecule has 1 heterocycles. The van der Waals surface area contributed by atoms with E-state index in [-0.39, 0.29) is 11.3 Å². The van der Waals surface area contributed by atoms with Gasteiger partial charge in [-0.25, -0.2) is 9.78 Å². The van der Waals surface area contributed by atoms with E-state index in [1.54, 1.807) is 0 Å². The second-order valence-corrected chi connectivity index (χ2v) is 3.70. The Balaban J connectivity index is 2.22. The fourth-order valence-electron chi connectivity index (χ4n) is 1.52. The Morgan fingerprint density at radius 3 is 2.87 bits per heavy atom. The summed E-state index contributed by atoms with van der Waals surface area (Å²) in [7, 11) is 0. The average molecular weight is 207 g/mol. The molecule has 1 aromatic heterocycles. The average Bonchev–Trinajstić information content (AvgIpc) is 2.13. The number of anilines is 2. The monoisotopic (exact) mass is 207 g/mol. The van der Waals surface area contributed by atoms with Gasteiger partial charge in [0.15, 0.2) is 0 Å². The van der Waals surface area contributed by atoms with E-state index in [0.29, 0.717) is 11.9 Å². The molecule has 1 fully saturated rings. The van der Waals surface area contributed by atoms with Crippen molar-refractivity contribution in [3.63, 3.8) is 0 Å². The summed E-state index contributed by atoms with van der Waals surface area (Å²) in [6.07, 6.45) is 4.86. The fraction of sp³-hybridized carbons (Fsp3) is 0.400. The van der Waals surface area contributed by atoms with Crippen LogP contribution in [-0.2, 0) is 0 Å². The Labute approximate surface area is 87.3 Å². The standard InChI is InChI=1S/C10H13N3O2/c11-8-7(10(14)15)4-5-12-9(8)13-6-2-1-3-6/h4-6H,1-3,11H2,(H,12,13)(H,14,15). The highest BCUT2D eigenvalue weighted by Crippen LogP contribution is 2.26. The van der Waals surface area contributed by atoms with Crippen molar-refractivity contribution in [1.82, 2.24) is 4.98 Å². The molecule has 0 aliphatic heterocycles. The molecule has 15 heavy (non-hydrogen) atoms. The number of pyridine rings is 1. The Kier molecular flexibility index (Phi) is 2.45. The molecular weight excluding hydrogens is 194 g/mol. The van der Waals surface area contributed by atoms with Gasteiger partial charge >= 0.3 is 5.97 Å². The van der Waals surface area contributed by atoms with E-state index < -0.39 is 5.97 Å². The summed E-state index contributed by atoms with van der Waals surface area (Å²) < 4.78 is 0.